The van der Waals surface area contributed by atoms with Gasteiger partial charge < -0.3 is 14.8 Å². The molecule has 4 aliphatic carbocycles. The van der Waals surface area contributed by atoms with Gasteiger partial charge in [-0.2, -0.15) is 0 Å². The van der Waals surface area contributed by atoms with Crippen molar-refractivity contribution in [2.75, 3.05) is 6.54 Å². The van der Waals surface area contributed by atoms with Crippen LogP contribution in [-0.4, -0.2) is 24.7 Å². The molecule has 5 rings (SSSR count). The molecule has 1 aromatic rings. The summed E-state index contributed by atoms with van der Waals surface area (Å²) in [5.74, 6) is 4.43. The lowest BCUT2D eigenvalue weighted by atomic mass is 9.47. The Bertz CT molecular complexity index is 1200. The van der Waals surface area contributed by atoms with Gasteiger partial charge >= 0.3 is 12.1 Å². The molecule has 1 unspecified atom stereocenters. The van der Waals surface area contributed by atoms with Crippen LogP contribution in [0.2, 0.25) is 0 Å². The summed E-state index contributed by atoms with van der Waals surface area (Å²) in [6.45, 7) is 12.4. The Kier molecular flexibility index (Phi) is 10.8. The Balaban J connectivity index is 1.12. The van der Waals surface area contributed by atoms with Crippen LogP contribution in [0.25, 0.3) is 0 Å². The molecule has 5 nitrogen and oxygen atoms in total. The monoisotopic (exact) mass is 739 g/mol. The summed E-state index contributed by atoms with van der Waals surface area (Å²) < 4.78 is 13.0. The lowest BCUT2D eigenvalue weighted by Crippen LogP contribution is -2.51. The maximum Gasteiger partial charge on any atom is 0.407 e. The van der Waals surface area contributed by atoms with Crippen LogP contribution in [0.3, 0.4) is 0 Å². The van der Waals surface area contributed by atoms with Crippen LogP contribution < -0.4 is 5.32 Å². The van der Waals surface area contributed by atoms with Crippen LogP contribution in [0.4, 0.5) is 4.79 Å². The molecule has 8 heteroatoms. The van der Waals surface area contributed by atoms with Crippen LogP contribution in [0.1, 0.15) is 111 Å². The number of allylic oxidation sites excluding steroid dienone is 1. The first-order valence-corrected chi connectivity index (χ1v) is 19.0. The lowest BCUT2D eigenvalue weighted by Gasteiger charge is -2.58. The van der Waals surface area contributed by atoms with E-state index in [1.165, 1.54) is 68.3 Å². The Labute approximate surface area is 280 Å². The molecule has 0 radical (unpaired) electrons. The van der Waals surface area contributed by atoms with E-state index in [-0.39, 0.29) is 24.7 Å². The summed E-state index contributed by atoms with van der Waals surface area (Å²) in [7, 11) is 0. The van der Waals surface area contributed by atoms with E-state index >= 15 is 0 Å². The van der Waals surface area contributed by atoms with Crippen molar-refractivity contribution in [1.82, 2.24) is 5.32 Å². The minimum Gasteiger partial charge on any atom is -0.459 e. The van der Waals surface area contributed by atoms with Gasteiger partial charge in [0.25, 0.3) is 0 Å². The number of hydrogen-bond acceptors (Lipinski definition) is 5. The Morgan fingerprint density at radius 2 is 1.86 bits per heavy atom. The summed E-state index contributed by atoms with van der Waals surface area (Å²) in [5.41, 5.74) is 3.11. The summed E-state index contributed by atoms with van der Waals surface area (Å²) in [4.78, 5) is 24.8. The van der Waals surface area contributed by atoms with Crippen molar-refractivity contribution < 1.29 is 19.1 Å². The summed E-state index contributed by atoms with van der Waals surface area (Å²) in [6, 6.07) is 1.91. The standard InChI is InChI=1S/C35H51Br2NO4S/c1-21(2)7-6-8-22(3)27-11-12-28-26-10-9-24-18-25(13-15-34(24,4)29(26)14-16-35(27,28)5)42-33(40)38-19-31(39)41-20-23-17-30(36)43-32(23)37/h9,17,21-22,25-29H,6-8,10-16,18-20H2,1-5H3,(H,38,40)/t22-,25?,26+,27-,28+,29+,34+,35-/m1/s1. The van der Waals surface area contributed by atoms with E-state index in [1.54, 1.807) is 0 Å². The van der Waals surface area contributed by atoms with Gasteiger partial charge in [-0.15, -0.1) is 11.3 Å². The zero-order valence-electron chi connectivity index (χ0n) is 26.7. The van der Waals surface area contributed by atoms with Crippen molar-refractivity contribution in [2.45, 2.75) is 118 Å². The number of hydrogen-bond donors (Lipinski definition) is 1. The highest BCUT2D eigenvalue weighted by Gasteiger charge is 2.59. The zero-order chi connectivity index (χ0) is 30.9. The maximum atomic E-state index is 12.6. The minimum atomic E-state index is -0.535. The SMILES string of the molecule is CC(C)CCC[C@@H](C)[C@H]1CC[C@H]2[C@@H]3CC=C4CC(OC(=O)NCC(=O)OCc5cc(Br)sc5Br)CC[C@]4(C)[C@H]3CC[C@]12C. The van der Waals surface area contributed by atoms with Gasteiger partial charge in [0.05, 0.1) is 7.57 Å². The number of ether oxygens (including phenoxy) is 2. The normalized spacial score (nSPS) is 34.0. The van der Waals surface area contributed by atoms with Gasteiger partial charge in [-0.1, -0.05) is 65.5 Å². The summed E-state index contributed by atoms with van der Waals surface area (Å²) in [6.07, 6.45) is 15.5. The highest BCUT2D eigenvalue weighted by Crippen LogP contribution is 2.67. The van der Waals surface area contributed by atoms with E-state index in [0.717, 1.165) is 67.9 Å². The Hall–Kier alpha value is -0.860. The van der Waals surface area contributed by atoms with Crippen molar-refractivity contribution in [3.63, 3.8) is 0 Å². The second-order valence-corrected chi connectivity index (χ2v) is 18.7. The number of alkyl carbamates (subject to hydrolysis) is 1. The predicted molar refractivity (Wildman–Crippen MR) is 181 cm³/mol. The van der Waals surface area contributed by atoms with Crippen molar-refractivity contribution in [3.8, 4) is 0 Å². The molecule has 0 bridgehead atoms. The molecule has 1 heterocycles. The summed E-state index contributed by atoms with van der Waals surface area (Å²) >= 11 is 8.42. The molecule has 1 amide bonds. The highest BCUT2D eigenvalue weighted by molar-refractivity contribution is 9.12. The smallest absolute Gasteiger partial charge is 0.407 e. The third-order valence-corrected chi connectivity index (χ3v) is 14.5. The third-order valence-electron chi connectivity index (χ3n) is 12.0. The minimum absolute atomic E-state index is 0.137. The number of rotatable bonds is 10. The number of halogens is 2. The number of nitrogens with one attached hydrogen (secondary N) is 1. The topological polar surface area (TPSA) is 64.6 Å². The first kappa shape index (κ1) is 33.5. The fourth-order valence-electron chi connectivity index (χ4n) is 9.77. The van der Waals surface area contributed by atoms with Crippen molar-refractivity contribution >= 4 is 55.3 Å². The van der Waals surface area contributed by atoms with Crippen LogP contribution in [0, 0.1) is 46.3 Å². The fraction of sp³-hybridized carbons (Fsp3) is 0.771. The van der Waals surface area contributed by atoms with Gasteiger partial charge in [-0.05, 0) is 129 Å². The fourth-order valence-corrected chi connectivity index (χ4v) is 12.6. The first-order valence-electron chi connectivity index (χ1n) is 16.6. The molecule has 3 saturated carbocycles. The lowest BCUT2D eigenvalue weighted by molar-refractivity contribution is -0.143. The molecule has 1 aromatic heterocycles. The molecule has 4 aliphatic rings. The largest absolute Gasteiger partial charge is 0.459 e. The van der Waals surface area contributed by atoms with E-state index in [4.69, 9.17) is 9.47 Å². The third kappa shape index (κ3) is 7.26. The van der Waals surface area contributed by atoms with Crippen LogP contribution >= 0.6 is 43.2 Å². The quantitative estimate of drug-likeness (QED) is 0.192. The van der Waals surface area contributed by atoms with Gasteiger partial charge in [0, 0.05) is 12.0 Å². The number of fused-ring (bicyclic) bond motifs is 5. The molecule has 240 valence electrons. The molecule has 8 atom stereocenters. The molecular weight excluding hydrogens is 690 g/mol. The van der Waals surface area contributed by atoms with Crippen LogP contribution in [0.15, 0.2) is 25.3 Å². The van der Waals surface area contributed by atoms with E-state index in [1.807, 2.05) is 6.07 Å². The Morgan fingerprint density at radius 1 is 1.07 bits per heavy atom. The second kappa shape index (κ2) is 13.9. The first-order chi connectivity index (χ1) is 20.4. The molecule has 3 fully saturated rings. The van der Waals surface area contributed by atoms with Gasteiger partial charge in [-0.3, -0.25) is 4.79 Å². The number of carbonyl (C=O) groups excluding carboxylic acids is 2. The number of thiophene rings is 1. The predicted octanol–water partition coefficient (Wildman–Crippen LogP) is 10.5. The van der Waals surface area contributed by atoms with Gasteiger partial charge in [0.2, 0.25) is 0 Å². The average molecular weight is 742 g/mol. The molecule has 0 aliphatic heterocycles. The van der Waals surface area contributed by atoms with Crippen LogP contribution in [0.5, 0.6) is 0 Å². The van der Waals surface area contributed by atoms with Crippen molar-refractivity contribution in [3.05, 3.63) is 30.9 Å². The van der Waals surface area contributed by atoms with E-state index < -0.39 is 12.1 Å². The van der Waals surface area contributed by atoms with Crippen molar-refractivity contribution in [2.24, 2.45) is 46.3 Å². The maximum absolute atomic E-state index is 12.6. The van der Waals surface area contributed by atoms with E-state index in [0.29, 0.717) is 5.41 Å². The second-order valence-electron chi connectivity index (χ2n) is 14.9. The molecule has 43 heavy (non-hydrogen) atoms. The highest BCUT2D eigenvalue weighted by atomic mass is 79.9. The van der Waals surface area contributed by atoms with Crippen LogP contribution in [-0.2, 0) is 20.9 Å². The van der Waals surface area contributed by atoms with E-state index in [9.17, 15) is 9.59 Å². The van der Waals surface area contributed by atoms with E-state index in [2.05, 4.69) is 77.9 Å². The number of esters is 1. The van der Waals surface area contributed by atoms with Gasteiger partial charge in [-0.25, -0.2) is 4.79 Å². The zero-order valence-corrected chi connectivity index (χ0v) is 30.7. The molecule has 0 saturated heterocycles. The Morgan fingerprint density at radius 3 is 2.58 bits per heavy atom. The molecule has 0 spiro atoms. The summed E-state index contributed by atoms with van der Waals surface area (Å²) in [5, 5.41) is 2.60. The molecular formula is C35H51Br2NO4S. The molecule has 0 aromatic carbocycles. The van der Waals surface area contributed by atoms with Gasteiger partial charge in [0.1, 0.15) is 19.3 Å². The number of carbonyl (C=O) groups is 2. The van der Waals surface area contributed by atoms with Gasteiger partial charge in [0.15, 0.2) is 0 Å². The number of amides is 1. The van der Waals surface area contributed by atoms with Crippen molar-refractivity contribution in [1.29, 1.82) is 0 Å². The average Bonchev–Trinajstić information content (AvgIpc) is 3.47. The molecule has 1 N–H and O–H groups in total.